The zero-order valence-electron chi connectivity index (χ0n) is 16.4. The molecular formula is C19H22N6O3S2. The Morgan fingerprint density at radius 1 is 1.03 bits per heavy atom. The number of rotatable bonds is 11. The molecule has 30 heavy (non-hydrogen) atoms. The van der Waals surface area contributed by atoms with Gasteiger partial charge in [-0.2, -0.15) is 0 Å². The molecule has 0 saturated carbocycles. The predicted octanol–water partition coefficient (Wildman–Crippen LogP) is 2.46. The van der Waals surface area contributed by atoms with Crippen molar-refractivity contribution < 1.29 is 14.7 Å². The number of aromatic nitrogens is 4. The van der Waals surface area contributed by atoms with Gasteiger partial charge in [0.2, 0.25) is 16.7 Å². The third kappa shape index (κ3) is 6.37. The van der Waals surface area contributed by atoms with Gasteiger partial charge in [0, 0.05) is 19.3 Å². The summed E-state index contributed by atoms with van der Waals surface area (Å²) in [5.41, 5.74) is -0.674. The van der Waals surface area contributed by atoms with Gasteiger partial charge in [-0.05, 0) is 25.3 Å². The maximum Gasteiger partial charge on any atom is 0.258 e. The molecule has 1 atom stereocenters. The molecule has 9 nitrogen and oxygen atoms in total. The summed E-state index contributed by atoms with van der Waals surface area (Å²) < 4.78 is 0. The van der Waals surface area contributed by atoms with E-state index in [0.29, 0.717) is 16.7 Å². The van der Waals surface area contributed by atoms with Gasteiger partial charge >= 0.3 is 0 Å². The average molecular weight is 447 g/mol. The van der Waals surface area contributed by atoms with Crippen LogP contribution in [-0.2, 0) is 28.9 Å². The van der Waals surface area contributed by atoms with Crippen molar-refractivity contribution in [3.63, 3.8) is 0 Å². The molecule has 3 aromatic rings. The van der Waals surface area contributed by atoms with Crippen LogP contribution in [0.1, 0.15) is 35.3 Å². The number of benzene rings is 1. The van der Waals surface area contributed by atoms with Crippen LogP contribution in [0.4, 0.5) is 10.3 Å². The first-order chi connectivity index (χ1) is 14.5. The van der Waals surface area contributed by atoms with Crippen molar-refractivity contribution in [2.24, 2.45) is 0 Å². The molecule has 0 aliphatic rings. The van der Waals surface area contributed by atoms with Crippen molar-refractivity contribution in [1.82, 2.24) is 20.4 Å². The fraction of sp³-hybridized carbons (Fsp3) is 0.368. The van der Waals surface area contributed by atoms with Crippen LogP contribution in [0.25, 0.3) is 0 Å². The van der Waals surface area contributed by atoms with Gasteiger partial charge in [-0.3, -0.25) is 14.9 Å². The van der Waals surface area contributed by atoms with E-state index in [2.05, 4.69) is 31.0 Å². The summed E-state index contributed by atoms with van der Waals surface area (Å²) in [4.78, 5) is 22.8. The van der Waals surface area contributed by atoms with Crippen molar-refractivity contribution in [3.8, 4) is 0 Å². The van der Waals surface area contributed by atoms with Gasteiger partial charge in [0.25, 0.3) is 5.91 Å². The number of aliphatic hydroxyl groups is 1. The topological polar surface area (TPSA) is 130 Å². The first kappa shape index (κ1) is 21.9. The summed E-state index contributed by atoms with van der Waals surface area (Å²) in [7, 11) is 0. The smallest absolute Gasteiger partial charge is 0.258 e. The summed E-state index contributed by atoms with van der Waals surface area (Å²) >= 11 is 2.66. The predicted molar refractivity (Wildman–Crippen MR) is 116 cm³/mol. The van der Waals surface area contributed by atoms with Gasteiger partial charge < -0.3 is 10.4 Å². The second kappa shape index (κ2) is 10.3. The van der Waals surface area contributed by atoms with E-state index in [1.165, 1.54) is 29.6 Å². The van der Waals surface area contributed by atoms with E-state index in [9.17, 15) is 14.7 Å². The van der Waals surface area contributed by atoms with E-state index in [1.807, 2.05) is 30.3 Å². The minimum Gasteiger partial charge on any atom is -0.380 e. The normalized spacial score (nSPS) is 12.9. The molecule has 0 unspecified atom stereocenters. The molecule has 1 aromatic carbocycles. The highest BCUT2D eigenvalue weighted by Gasteiger charge is 2.31. The quantitative estimate of drug-likeness (QED) is 0.305. The van der Waals surface area contributed by atoms with Gasteiger partial charge in [0.05, 0.1) is 0 Å². The molecule has 0 saturated heterocycles. The first-order valence-corrected chi connectivity index (χ1v) is 11.0. The number of nitrogens with one attached hydrogen (secondary N) is 2. The number of amides is 2. The Balaban J connectivity index is 1.43. The monoisotopic (exact) mass is 446 g/mol. The molecule has 3 rings (SSSR count). The van der Waals surface area contributed by atoms with Crippen LogP contribution in [0.3, 0.4) is 0 Å². The summed E-state index contributed by atoms with van der Waals surface area (Å²) in [5.74, 6) is -0.509. The van der Waals surface area contributed by atoms with E-state index >= 15 is 0 Å². The van der Waals surface area contributed by atoms with Gasteiger partial charge in [0.15, 0.2) is 0 Å². The van der Waals surface area contributed by atoms with Gasteiger partial charge in [0.1, 0.15) is 15.6 Å². The summed E-state index contributed by atoms with van der Waals surface area (Å²) in [5, 5.41) is 34.2. The zero-order valence-corrected chi connectivity index (χ0v) is 18.0. The molecular weight excluding hydrogens is 424 g/mol. The van der Waals surface area contributed by atoms with E-state index in [0.717, 1.165) is 41.3 Å². The third-order valence-electron chi connectivity index (χ3n) is 4.25. The van der Waals surface area contributed by atoms with E-state index in [-0.39, 0.29) is 6.42 Å². The molecule has 3 N–H and O–H groups in total. The lowest BCUT2D eigenvalue weighted by molar-refractivity contribution is -0.132. The minimum absolute atomic E-state index is 0.209. The Morgan fingerprint density at radius 3 is 2.27 bits per heavy atom. The second-order valence-corrected chi connectivity index (χ2v) is 8.99. The number of hydrogen-bond acceptors (Lipinski definition) is 9. The van der Waals surface area contributed by atoms with Crippen molar-refractivity contribution in [2.45, 2.75) is 44.6 Å². The van der Waals surface area contributed by atoms with Crippen molar-refractivity contribution in [2.75, 3.05) is 10.6 Å². The molecule has 2 aromatic heterocycles. The molecule has 2 heterocycles. The highest BCUT2D eigenvalue weighted by molar-refractivity contribution is 7.15. The molecule has 0 spiro atoms. The van der Waals surface area contributed by atoms with Crippen LogP contribution < -0.4 is 10.6 Å². The van der Waals surface area contributed by atoms with E-state index < -0.39 is 11.5 Å². The Bertz CT molecular complexity index is 974. The number of carbonyl (C=O) groups is 2. The largest absolute Gasteiger partial charge is 0.380 e. The van der Waals surface area contributed by atoms with Crippen LogP contribution >= 0.6 is 22.7 Å². The Morgan fingerprint density at radius 2 is 1.63 bits per heavy atom. The number of anilines is 2. The molecule has 2 amide bonds. The van der Waals surface area contributed by atoms with Crippen LogP contribution in [0, 0.1) is 0 Å². The van der Waals surface area contributed by atoms with Crippen molar-refractivity contribution in [1.29, 1.82) is 0 Å². The fourth-order valence-corrected chi connectivity index (χ4v) is 4.24. The zero-order chi connectivity index (χ0) is 21.4. The molecule has 11 heteroatoms. The first-order valence-electron chi connectivity index (χ1n) is 9.39. The SMILES string of the molecule is C[C@@](O)(Cc1ccccc1)C(=O)Nc1nnc(CCCCc2nnc(NC=O)s2)s1. The van der Waals surface area contributed by atoms with Crippen LogP contribution in [0.2, 0.25) is 0 Å². The summed E-state index contributed by atoms with van der Waals surface area (Å²) in [6.45, 7) is 1.49. The minimum atomic E-state index is -1.55. The third-order valence-corrected chi connectivity index (χ3v) is 6.06. The number of unbranched alkanes of at least 4 members (excludes halogenated alkanes) is 1. The highest BCUT2D eigenvalue weighted by atomic mass is 32.1. The van der Waals surface area contributed by atoms with Gasteiger partial charge in [-0.15, -0.1) is 20.4 Å². The molecule has 0 fully saturated rings. The standard InChI is InChI=1S/C19H22N6O3S2/c1-19(28,11-13-7-3-2-4-8-13)16(27)21-18-25-23-15(30-18)10-6-5-9-14-22-24-17(29-14)20-12-26/h2-4,7-8,12,28H,5-6,9-11H2,1H3,(H,20,24,26)(H,21,25,27)/t19-/m1/s1. The molecule has 0 aliphatic heterocycles. The fourth-order valence-electron chi connectivity index (χ4n) is 2.73. The summed E-state index contributed by atoms with van der Waals surface area (Å²) in [6, 6.07) is 9.36. The lowest BCUT2D eigenvalue weighted by Gasteiger charge is -2.21. The maximum absolute atomic E-state index is 12.5. The van der Waals surface area contributed by atoms with Crippen LogP contribution in [0.15, 0.2) is 30.3 Å². The lowest BCUT2D eigenvalue weighted by Crippen LogP contribution is -2.42. The number of hydrogen-bond donors (Lipinski definition) is 3. The van der Waals surface area contributed by atoms with Crippen molar-refractivity contribution in [3.05, 3.63) is 45.9 Å². The van der Waals surface area contributed by atoms with Gasteiger partial charge in [-0.25, -0.2) is 0 Å². The molecule has 0 bridgehead atoms. The lowest BCUT2D eigenvalue weighted by atomic mass is 9.96. The van der Waals surface area contributed by atoms with Crippen molar-refractivity contribution >= 4 is 45.3 Å². The number of nitrogens with zero attached hydrogens (tertiary/aromatic N) is 4. The van der Waals surface area contributed by atoms with E-state index in [1.54, 1.807) is 0 Å². The number of carbonyl (C=O) groups excluding carboxylic acids is 2. The average Bonchev–Trinajstić information content (AvgIpc) is 3.35. The Kier molecular flexibility index (Phi) is 7.55. The Hall–Kier alpha value is -2.76. The maximum atomic E-state index is 12.5. The molecule has 158 valence electrons. The Labute approximate surface area is 181 Å². The second-order valence-electron chi connectivity index (χ2n) is 6.86. The number of aryl methyl sites for hydroxylation is 2. The highest BCUT2D eigenvalue weighted by Crippen LogP contribution is 2.21. The van der Waals surface area contributed by atoms with Crippen LogP contribution in [0.5, 0.6) is 0 Å². The molecule has 0 radical (unpaired) electrons. The molecule has 0 aliphatic carbocycles. The van der Waals surface area contributed by atoms with E-state index in [4.69, 9.17) is 0 Å². The van der Waals surface area contributed by atoms with Gasteiger partial charge in [-0.1, -0.05) is 53.0 Å². The van der Waals surface area contributed by atoms with Crippen LogP contribution in [-0.4, -0.2) is 43.4 Å². The summed E-state index contributed by atoms with van der Waals surface area (Å²) in [6.07, 6.45) is 4.06.